The van der Waals surface area contributed by atoms with Crippen LogP contribution < -0.4 is 9.80 Å². The van der Waals surface area contributed by atoms with E-state index in [0.29, 0.717) is 0 Å². The first-order valence-electron chi connectivity index (χ1n) is 22.5. The number of hydrogen-bond donors (Lipinski definition) is 0. The molecule has 0 aromatic heterocycles. The predicted molar refractivity (Wildman–Crippen MR) is 249 cm³/mol. The third kappa shape index (κ3) is 4.70. The molecular weight excluding hydrogens is 713 g/mol. The minimum atomic E-state index is -0.0472. The molecule has 4 atom stereocenters. The van der Waals surface area contributed by atoms with E-state index in [2.05, 4.69) is 199 Å². The Hall–Kier alpha value is -5.08. The maximum Gasteiger partial charge on any atom is 0.0568 e. The first-order chi connectivity index (χ1) is 28.2. The zero-order chi connectivity index (χ0) is 40.7. The van der Waals surface area contributed by atoms with Crippen LogP contribution in [0, 0.1) is 10.8 Å². The van der Waals surface area contributed by atoms with Crippen LogP contribution in [-0.2, 0) is 17.3 Å². The Morgan fingerprint density at radius 3 is 1.17 bits per heavy atom. The zero-order valence-corrected chi connectivity index (χ0v) is 36.5. The lowest BCUT2D eigenvalue weighted by atomic mass is 9.51. The fourth-order valence-electron chi connectivity index (χ4n) is 13.8. The molecule has 0 spiro atoms. The zero-order valence-electron chi connectivity index (χ0n) is 36.5. The van der Waals surface area contributed by atoms with Gasteiger partial charge in [-0.2, -0.15) is 0 Å². The average molecular weight is 773 g/mol. The molecule has 2 heterocycles. The maximum atomic E-state index is 2.71. The molecule has 0 saturated heterocycles. The molecule has 59 heavy (non-hydrogen) atoms. The monoisotopic (exact) mass is 772 g/mol. The molecule has 2 nitrogen and oxygen atoms in total. The molecule has 2 aliphatic heterocycles. The van der Waals surface area contributed by atoms with Gasteiger partial charge in [-0.1, -0.05) is 127 Å². The van der Waals surface area contributed by atoms with Crippen LogP contribution >= 0.6 is 0 Å². The molecule has 2 heteroatoms. The normalized spacial score (nSPS) is 28.0. The number of fused-ring (bicyclic) bond motifs is 9. The van der Waals surface area contributed by atoms with Crippen LogP contribution in [0.2, 0.25) is 0 Å². The van der Waals surface area contributed by atoms with E-state index < -0.39 is 0 Å². The van der Waals surface area contributed by atoms with Gasteiger partial charge >= 0.3 is 0 Å². The van der Waals surface area contributed by atoms with Gasteiger partial charge in [0.1, 0.15) is 0 Å². The summed E-state index contributed by atoms with van der Waals surface area (Å²) in [5.41, 5.74) is 19.6. The summed E-state index contributed by atoms with van der Waals surface area (Å²) >= 11 is 0. The first-order valence-corrected chi connectivity index (χ1v) is 22.5. The van der Waals surface area contributed by atoms with Gasteiger partial charge in [0.05, 0.1) is 11.1 Å². The number of anilines is 4. The van der Waals surface area contributed by atoms with Gasteiger partial charge in [-0.25, -0.2) is 0 Å². The highest BCUT2D eigenvalue weighted by molar-refractivity contribution is 5.88. The standard InChI is InChI=1S/C57H60N2/c1-52(2)29-15-31-54(5)48-36-40(25-27-50(48)58(56(52,54)7)44-17-11-9-12-18-44)38-21-23-42-33-43-24-22-39(35-47(43)46(42)34-38)41-26-28-51-49(37-41)55(6)32-16-30-53(3,4)57(55,8)59(51)45-19-13-10-14-20-45/h9-14,17-28,34-37H,15-16,29-33H2,1-8H3. The predicted octanol–water partition coefficient (Wildman–Crippen LogP) is 15.3. The first kappa shape index (κ1) is 37.0. The molecule has 298 valence electrons. The van der Waals surface area contributed by atoms with Gasteiger partial charge in [0, 0.05) is 33.6 Å². The van der Waals surface area contributed by atoms with Crippen molar-refractivity contribution in [2.75, 3.05) is 9.80 Å². The van der Waals surface area contributed by atoms with Crippen molar-refractivity contribution in [2.24, 2.45) is 10.8 Å². The summed E-state index contributed by atoms with van der Waals surface area (Å²) in [5.74, 6) is 0. The maximum absolute atomic E-state index is 2.71. The van der Waals surface area contributed by atoms with Crippen molar-refractivity contribution in [2.45, 2.75) is 122 Å². The number of para-hydroxylation sites is 2. The minimum Gasteiger partial charge on any atom is -0.334 e. The van der Waals surface area contributed by atoms with E-state index in [4.69, 9.17) is 0 Å². The van der Waals surface area contributed by atoms with E-state index in [9.17, 15) is 0 Å². The van der Waals surface area contributed by atoms with E-state index >= 15 is 0 Å². The van der Waals surface area contributed by atoms with Crippen molar-refractivity contribution in [3.05, 3.63) is 156 Å². The third-order valence-electron chi connectivity index (χ3n) is 17.9. The van der Waals surface area contributed by atoms with Gasteiger partial charge in [-0.05, 0) is 173 Å². The van der Waals surface area contributed by atoms with Gasteiger partial charge in [0.15, 0.2) is 0 Å². The number of benzene rings is 6. The van der Waals surface area contributed by atoms with Gasteiger partial charge in [0.2, 0.25) is 0 Å². The lowest BCUT2D eigenvalue weighted by Crippen LogP contribution is -2.64. The highest BCUT2D eigenvalue weighted by Gasteiger charge is 2.66. The van der Waals surface area contributed by atoms with E-state index in [-0.39, 0.29) is 32.7 Å². The highest BCUT2D eigenvalue weighted by atomic mass is 15.3. The van der Waals surface area contributed by atoms with Crippen LogP contribution in [-0.4, -0.2) is 11.1 Å². The second-order valence-corrected chi connectivity index (χ2v) is 21.0. The van der Waals surface area contributed by atoms with Gasteiger partial charge in [0.25, 0.3) is 0 Å². The molecular formula is C57H60N2. The lowest BCUT2D eigenvalue weighted by Gasteiger charge is -2.59. The SMILES string of the molecule is CC1(C)CCCC2(C)c3cc(-c4ccc5c(c4)-c4cc(-c6ccc7c(c6)C6(C)CCCC(C)(C)C6(C)N7c6ccccc6)ccc4C5)ccc3N(c3ccccc3)C12C. The fraction of sp³-hybridized carbons (Fsp3) is 0.368. The van der Waals surface area contributed by atoms with Crippen molar-refractivity contribution in [1.82, 2.24) is 0 Å². The molecule has 11 rings (SSSR count). The summed E-state index contributed by atoms with van der Waals surface area (Å²) in [7, 11) is 0. The molecule has 2 saturated carbocycles. The lowest BCUT2D eigenvalue weighted by molar-refractivity contribution is 0.0484. The fourth-order valence-corrected chi connectivity index (χ4v) is 13.8. The van der Waals surface area contributed by atoms with Crippen molar-refractivity contribution >= 4 is 22.7 Å². The number of rotatable bonds is 4. The van der Waals surface area contributed by atoms with Crippen LogP contribution in [0.25, 0.3) is 33.4 Å². The molecule has 0 radical (unpaired) electrons. The van der Waals surface area contributed by atoms with E-state index in [1.807, 2.05) is 0 Å². The summed E-state index contributed by atoms with van der Waals surface area (Å²) < 4.78 is 0. The summed E-state index contributed by atoms with van der Waals surface area (Å²) in [6.07, 6.45) is 8.40. The third-order valence-corrected chi connectivity index (χ3v) is 17.9. The van der Waals surface area contributed by atoms with Gasteiger partial charge < -0.3 is 9.80 Å². The number of hydrogen-bond acceptors (Lipinski definition) is 2. The van der Waals surface area contributed by atoms with E-state index in [1.54, 1.807) is 0 Å². The van der Waals surface area contributed by atoms with Crippen LogP contribution in [0.3, 0.4) is 0 Å². The van der Waals surface area contributed by atoms with Crippen LogP contribution in [0.5, 0.6) is 0 Å². The Balaban J connectivity index is 0.988. The molecule has 4 unspecified atom stereocenters. The Bertz CT molecular complexity index is 2490. The van der Waals surface area contributed by atoms with Crippen molar-refractivity contribution in [1.29, 1.82) is 0 Å². The molecule has 2 fully saturated rings. The summed E-state index contributed by atoms with van der Waals surface area (Å²) in [6, 6.07) is 51.7. The summed E-state index contributed by atoms with van der Waals surface area (Å²) in [5, 5.41) is 0. The topological polar surface area (TPSA) is 6.48 Å². The Labute approximate surface area is 353 Å². The largest absolute Gasteiger partial charge is 0.334 e. The molecule has 6 aromatic carbocycles. The second kappa shape index (κ2) is 12.2. The number of nitrogens with zero attached hydrogens (tertiary/aromatic N) is 2. The molecule has 5 aliphatic rings. The Kier molecular flexibility index (Phi) is 7.67. The van der Waals surface area contributed by atoms with Crippen molar-refractivity contribution < 1.29 is 0 Å². The molecule has 0 N–H and O–H groups in total. The van der Waals surface area contributed by atoms with Crippen molar-refractivity contribution in [3.63, 3.8) is 0 Å². The van der Waals surface area contributed by atoms with Crippen LogP contribution in [0.1, 0.15) is 116 Å². The summed E-state index contributed by atoms with van der Waals surface area (Å²) in [6.45, 7) is 20.3. The van der Waals surface area contributed by atoms with Crippen LogP contribution in [0.4, 0.5) is 22.7 Å². The molecule has 0 amide bonds. The molecule has 3 aliphatic carbocycles. The molecule has 0 bridgehead atoms. The van der Waals surface area contributed by atoms with E-state index in [0.717, 1.165) is 6.42 Å². The van der Waals surface area contributed by atoms with Gasteiger partial charge in [-0.15, -0.1) is 0 Å². The van der Waals surface area contributed by atoms with Gasteiger partial charge in [-0.3, -0.25) is 0 Å². The Morgan fingerprint density at radius 1 is 0.390 bits per heavy atom. The minimum absolute atomic E-state index is 0.0318. The van der Waals surface area contributed by atoms with Crippen molar-refractivity contribution in [3.8, 4) is 33.4 Å². The quantitative estimate of drug-likeness (QED) is 0.176. The second-order valence-electron chi connectivity index (χ2n) is 21.0. The average Bonchev–Trinajstić information content (AvgIpc) is 3.78. The highest BCUT2D eigenvalue weighted by Crippen LogP contribution is 2.68. The summed E-state index contributed by atoms with van der Waals surface area (Å²) in [4.78, 5) is 5.42. The Morgan fingerprint density at radius 2 is 0.763 bits per heavy atom. The smallest absolute Gasteiger partial charge is 0.0568 e. The van der Waals surface area contributed by atoms with E-state index in [1.165, 1.54) is 117 Å². The van der Waals surface area contributed by atoms with Crippen LogP contribution in [0.15, 0.2) is 133 Å². The molecule has 6 aromatic rings.